The Bertz CT molecular complexity index is 676. The van der Waals surface area contributed by atoms with Gasteiger partial charge in [-0.1, -0.05) is 119 Å². The average Bonchev–Trinajstić information content (AvgIpc) is 2.93. The average molecular weight is 627 g/mol. The van der Waals surface area contributed by atoms with Crippen LogP contribution in [-0.4, -0.2) is 59.5 Å². The first kappa shape index (κ1) is 32.3. The Morgan fingerprint density at radius 2 is 1.30 bits per heavy atom. The number of hydrogen-bond acceptors (Lipinski definition) is 4. The number of alkyl halides is 1. The predicted octanol–water partition coefficient (Wildman–Crippen LogP) is 8.02. The van der Waals surface area contributed by atoms with Crippen LogP contribution in [0.1, 0.15) is 126 Å². The van der Waals surface area contributed by atoms with Crippen molar-refractivity contribution >= 4 is 34.3 Å². The number of hydrogen-bond donors (Lipinski definition) is 1. The first-order chi connectivity index (χ1) is 18.2. The van der Waals surface area contributed by atoms with E-state index in [-0.39, 0.29) is 5.91 Å². The first-order valence-electron chi connectivity index (χ1n) is 15.5. The molecule has 1 saturated heterocycles. The van der Waals surface area contributed by atoms with E-state index in [1.165, 1.54) is 114 Å². The molecule has 212 valence electrons. The maximum atomic E-state index is 12.4. The number of rotatable bonds is 22. The van der Waals surface area contributed by atoms with Crippen molar-refractivity contribution in [2.45, 2.75) is 116 Å². The van der Waals surface area contributed by atoms with Gasteiger partial charge in [0.25, 0.3) is 5.91 Å². The largest absolute Gasteiger partial charge is 0.354 e. The lowest BCUT2D eigenvalue weighted by Gasteiger charge is -2.35. The van der Waals surface area contributed by atoms with Crippen LogP contribution in [0.2, 0.25) is 0 Å². The fourth-order valence-electron chi connectivity index (χ4n) is 5.22. The third-order valence-corrected chi connectivity index (χ3v) is 8.35. The minimum atomic E-state index is 0.00279. The number of amides is 1. The summed E-state index contributed by atoms with van der Waals surface area (Å²) in [6.07, 6.45) is 24.9. The van der Waals surface area contributed by atoms with Gasteiger partial charge in [0.15, 0.2) is 0 Å². The summed E-state index contributed by atoms with van der Waals surface area (Å²) in [5, 5.41) is 3.07. The second-order valence-electron chi connectivity index (χ2n) is 10.8. The zero-order chi connectivity index (χ0) is 26.4. The monoisotopic (exact) mass is 626 g/mol. The standard InChI is InChI=1S/C31H55IN4O/c1-2-23-35-24-26-36(27-25-35)30-20-19-29(28-34-30)31(37)33-22-18-16-14-12-10-8-6-4-3-5-7-9-11-13-15-17-21-32/h19-20,28H,2-18,21-27H2,1H3,(H,33,37). The minimum absolute atomic E-state index is 0.00279. The summed E-state index contributed by atoms with van der Waals surface area (Å²) >= 11 is 2.48. The predicted molar refractivity (Wildman–Crippen MR) is 168 cm³/mol. The van der Waals surface area contributed by atoms with E-state index in [0.29, 0.717) is 5.56 Å². The number of nitrogens with zero attached hydrogens (tertiary/aromatic N) is 3. The van der Waals surface area contributed by atoms with Crippen molar-refractivity contribution in [3.63, 3.8) is 0 Å². The van der Waals surface area contributed by atoms with Gasteiger partial charge in [-0.25, -0.2) is 4.98 Å². The molecule has 0 atom stereocenters. The van der Waals surface area contributed by atoms with Crippen molar-refractivity contribution < 1.29 is 4.79 Å². The van der Waals surface area contributed by atoms with E-state index in [1.54, 1.807) is 6.20 Å². The lowest BCUT2D eigenvalue weighted by molar-refractivity contribution is 0.0952. The molecule has 0 unspecified atom stereocenters. The lowest BCUT2D eigenvalue weighted by Crippen LogP contribution is -2.46. The van der Waals surface area contributed by atoms with E-state index < -0.39 is 0 Å². The zero-order valence-corrected chi connectivity index (χ0v) is 26.0. The van der Waals surface area contributed by atoms with Gasteiger partial charge >= 0.3 is 0 Å². The Hall–Kier alpha value is -0.890. The Morgan fingerprint density at radius 1 is 0.784 bits per heavy atom. The van der Waals surface area contributed by atoms with Gasteiger partial charge in [-0.3, -0.25) is 9.69 Å². The van der Waals surface area contributed by atoms with Crippen LogP contribution in [0.25, 0.3) is 0 Å². The highest BCUT2D eigenvalue weighted by Crippen LogP contribution is 2.15. The zero-order valence-electron chi connectivity index (χ0n) is 23.8. The third-order valence-electron chi connectivity index (χ3n) is 7.59. The van der Waals surface area contributed by atoms with Gasteiger partial charge in [0, 0.05) is 38.9 Å². The molecule has 1 fully saturated rings. The van der Waals surface area contributed by atoms with Crippen LogP contribution in [0, 0.1) is 0 Å². The molecule has 1 aliphatic heterocycles. The van der Waals surface area contributed by atoms with Crippen molar-refractivity contribution in [2.24, 2.45) is 0 Å². The number of carbonyl (C=O) groups excluding carboxylic acids is 1. The number of halogens is 1. The summed E-state index contributed by atoms with van der Waals surface area (Å²) in [6, 6.07) is 3.92. The Kier molecular flexibility index (Phi) is 19.2. The molecule has 1 N–H and O–H groups in total. The normalized spacial score (nSPS) is 14.3. The quantitative estimate of drug-likeness (QED) is 0.0805. The minimum Gasteiger partial charge on any atom is -0.354 e. The second-order valence-corrected chi connectivity index (χ2v) is 11.9. The summed E-state index contributed by atoms with van der Waals surface area (Å²) in [6.45, 7) is 8.39. The summed E-state index contributed by atoms with van der Waals surface area (Å²) in [5.41, 5.74) is 0.667. The Morgan fingerprint density at radius 3 is 1.76 bits per heavy atom. The van der Waals surface area contributed by atoms with Crippen molar-refractivity contribution in [1.29, 1.82) is 0 Å². The number of piperazine rings is 1. The number of aromatic nitrogens is 1. The highest BCUT2D eigenvalue weighted by Gasteiger charge is 2.17. The summed E-state index contributed by atoms with van der Waals surface area (Å²) in [7, 11) is 0. The molecule has 0 saturated carbocycles. The molecular formula is C31H55IN4O. The van der Waals surface area contributed by atoms with Gasteiger partial charge in [-0.2, -0.15) is 0 Å². The first-order valence-corrected chi connectivity index (χ1v) is 17.0. The molecule has 2 rings (SSSR count). The summed E-state index contributed by atoms with van der Waals surface area (Å²) in [5.74, 6) is 0.990. The van der Waals surface area contributed by atoms with Gasteiger partial charge in [-0.05, 0) is 42.4 Å². The van der Waals surface area contributed by atoms with Gasteiger partial charge in [0.05, 0.1) is 5.56 Å². The summed E-state index contributed by atoms with van der Waals surface area (Å²) < 4.78 is 1.32. The van der Waals surface area contributed by atoms with Crippen LogP contribution in [0.4, 0.5) is 5.82 Å². The fraction of sp³-hybridized carbons (Fsp3) is 0.806. The number of pyridine rings is 1. The van der Waals surface area contributed by atoms with Crippen molar-refractivity contribution in [3.05, 3.63) is 23.9 Å². The van der Waals surface area contributed by atoms with Crippen LogP contribution in [0.15, 0.2) is 18.3 Å². The number of carbonyl (C=O) groups is 1. The van der Waals surface area contributed by atoms with Crippen molar-refractivity contribution in [1.82, 2.24) is 15.2 Å². The third kappa shape index (κ3) is 15.3. The van der Waals surface area contributed by atoms with E-state index in [2.05, 4.69) is 49.6 Å². The van der Waals surface area contributed by atoms with Crippen LogP contribution in [0.3, 0.4) is 0 Å². The maximum Gasteiger partial charge on any atom is 0.252 e. The number of nitrogens with one attached hydrogen (secondary N) is 1. The molecule has 1 aromatic rings. The van der Waals surface area contributed by atoms with Gasteiger partial charge in [-0.15, -0.1) is 0 Å². The van der Waals surface area contributed by atoms with Crippen molar-refractivity contribution in [2.75, 3.05) is 48.6 Å². The lowest BCUT2D eigenvalue weighted by atomic mass is 10.0. The van der Waals surface area contributed by atoms with E-state index in [4.69, 9.17) is 0 Å². The molecule has 5 nitrogen and oxygen atoms in total. The van der Waals surface area contributed by atoms with Gasteiger partial charge in [0.1, 0.15) is 5.82 Å². The molecule has 0 radical (unpaired) electrons. The van der Waals surface area contributed by atoms with Crippen LogP contribution < -0.4 is 10.2 Å². The highest BCUT2D eigenvalue weighted by atomic mass is 127. The molecule has 6 heteroatoms. The van der Waals surface area contributed by atoms with Gasteiger partial charge < -0.3 is 10.2 Å². The summed E-state index contributed by atoms with van der Waals surface area (Å²) in [4.78, 5) is 21.9. The van der Waals surface area contributed by atoms with Gasteiger partial charge in [0.2, 0.25) is 0 Å². The molecule has 0 spiro atoms. The molecule has 37 heavy (non-hydrogen) atoms. The Balaban J connectivity index is 1.38. The van der Waals surface area contributed by atoms with E-state index in [1.807, 2.05) is 12.1 Å². The van der Waals surface area contributed by atoms with Crippen LogP contribution >= 0.6 is 22.6 Å². The molecule has 0 aromatic carbocycles. The molecule has 1 aromatic heterocycles. The number of anilines is 1. The fourth-order valence-corrected chi connectivity index (χ4v) is 5.76. The van der Waals surface area contributed by atoms with E-state index >= 15 is 0 Å². The molecule has 0 aliphatic carbocycles. The Labute approximate surface area is 242 Å². The van der Waals surface area contributed by atoms with E-state index in [9.17, 15) is 4.79 Å². The van der Waals surface area contributed by atoms with Crippen LogP contribution in [-0.2, 0) is 0 Å². The molecule has 2 heterocycles. The SMILES string of the molecule is CCCN1CCN(c2ccc(C(=O)NCCCCCCCCCCCCCCCCCCI)cn2)CC1. The maximum absolute atomic E-state index is 12.4. The molecule has 1 aliphatic rings. The molecule has 1 amide bonds. The molecular weight excluding hydrogens is 571 g/mol. The smallest absolute Gasteiger partial charge is 0.252 e. The topological polar surface area (TPSA) is 48.5 Å². The second kappa shape index (κ2) is 22.0. The molecule has 0 bridgehead atoms. The highest BCUT2D eigenvalue weighted by molar-refractivity contribution is 14.1. The van der Waals surface area contributed by atoms with Crippen molar-refractivity contribution in [3.8, 4) is 0 Å². The van der Waals surface area contributed by atoms with Crippen LogP contribution in [0.5, 0.6) is 0 Å². The number of unbranched alkanes of at least 4 members (excludes halogenated alkanes) is 15. The van der Waals surface area contributed by atoms with E-state index in [0.717, 1.165) is 45.0 Å².